The van der Waals surface area contributed by atoms with Crippen LogP contribution in [0, 0.1) is 10.1 Å². The van der Waals surface area contributed by atoms with E-state index in [-0.39, 0.29) is 17.2 Å². The van der Waals surface area contributed by atoms with Crippen LogP contribution in [-0.2, 0) is 6.42 Å². The van der Waals surface area contributed by atoms with Gasteiger partial charge in [0.2, 0.25) is 5.75 Å². The molecule has 7 nitrogen and oxygen atoms in total. The highest BCUT2D eigenvalue weighted by Crippen LogP contribution is 2.39. The van der Waals surface area contributed by atoms with Crippen LogP contribution in [0.25, 0.3) is 0 Å². The minimum atomic E-state index is -0.482. The molecule has 0 unspecified atom stereocenters. The maximum atomic E-state index is 11.3. The average molecular weight is 309 g/mol. The number of likely N-dealkylation sites (N-methyl/N-ethyl adjacent to an activating group) is 1. The number of nitro groups is 1. The quantitative estimate of drug-likeness (QED) is 0.633. The number of hydrogen-bond acceptors (Lipinski definition) is 6. The van der Waals surface area contributed by atoms with Crippen LogP contribution in [0.2, 0.25) is 0 Å². The monoisotopic (exact) mass is 309 g/mol. The number of methoxy groups -OCH3 is 1. The Balaban J connectivity index is 1.99. The second-order valence-electron chi connectivity index (χ2n) is 5.63. The zero-order valence-corrected chi connectivity index (χ0v) is 13.1. The number of aryl methyl sites for hydroxylation is 1. The van der Waals surface area contributed by atoms with Gasteiger partial charge in [-0.2, -0.15) is 0 Å². The van der Waals surface area contributed by atoms with E-state index in [2.05, 4.69) is 16.8 Å². The van der Waals surface area contributed by atoms with Crippen molar-refractivity contribution < 1.29 is 14.8 Å². The third-order valence-corrected chi connectivity index (χ3v) is 4.10. The minimum absolute atomic E-state index is 0.0536. The van der Waals surface area contributed by atoms with E-state index in [0.717, 1.165) is 39.1 Å². The molecule has 0 spiro atoms. The van der Waals surface area contributed by atoms with Crippen molar-refractivity contribution in [1.29, 1.82) is 0 Å². The first-order valence-corrected chi connectivity index (χ1v) is 7.47. The molecule has 0 radical (unpaired) electrons. The highest BCUT2D eigenvalue weighted by atomic mass is 16.6. The predicted molar refractivity (Wildman–Crippen MR) is 83.6 cm³/mol. The van der Waals surface area contributed by atoms with Crippen molar-refractivity contribution in [3.63, 3.8) is 0 Å². The summed E-state index contributed by atoms with van der Waals surface area (Å²) in [4.78, 5) is 15.4. The van der Waals surface area contributed by atoms with E-state index < -0.39 is 4.92 Å². The van der Waals surface area contributed by atoms with Crippen molar-refractivity contribution >= 4 is 5.69 Å². The van der Waals surface area contributed by atoms with Crippen molar-refractivity contribution in [2.75, 3.05) is 46.9 Å². The number of nitrogens with zero attached hydrogens (tertiary/aromatic N) is 3. The molecule has 0 saturated carbocycles. The molecule has 1 heterocycles. The van der Waals surface area contributed by atoms with Gasteiger partial charge >= 0.3 is 5.69 Å². The van der Waals surface area contributed by atoms with Gasteiger partial charge in [0.05, 0.1) is 12.0 Å². The number of ether oxygens (including phenoxy) is 1. The Morgan fingerprint density at radius 1 is 1.32 bits per heavy atom. The molecule has 1 saturated heterocycles. The number of nitro benzene ring substituents is 1. The fourth-order valence-electron chi connectivity index (χ4n) is 2.77. The van der Waals surface area contributed by atoms with Crippen LogP contribution in [-0.4, -0.2) is 66.7 Å². The molecular weight excluding hydrogens is 286 g/mol. The Bertz CT molecular complexity index is 528. The number of piperazine rings is 1. The Labute approximate surface area is 130 Å². The molecule has 1 aromatic carbocycles. The van der Waals surface area contributed by atoms with Gasteiger partial charge in [0.1, 0.15) is 0 Å². The summed E-state index contributed by atoms with van der Waals surface area (Å²) in [5.41, 5.74) is 0.481. The Hall–Kier alpha value is -1.86. The summed E-state index contributed by atoms with van der Waals surface area (Å²) in [5.74, 6) is -0.251. The zero-order valence-electron chi connectivity index (χ0n) is 13.1. The fraction of sp³-hybridized carbons (Fsp3) is 0.600. The van der Waals surface area contributed by atoms with Gasteiger partial charge in [-0.1, -0.05) is 0 Å². The highest BCUT2D eigenvalue weighted by Gasteiger charge is 2.24. The number of aromatic hydroxyl groups is 1. The summed E-state index contributed by atoms with van der Waals surface area (Å²) in [6, 6.07) is 3.07. The summed E-state index contributed by atoms with van der Waals surface area (Å²) >= 11 is 0. The molecule has 1 aliphatic heterocycles. The fourth-order valence-corrected chi connectivity index (χ4v) is 2.77. The zero-order chi connectivity index (χ0) is 16.1. The number of rotatable bonds is 6. The van der Waals surface area contributed by atoms with E-state index in [1.54, 1.807) is 6.07 Å². The number of phenols is 1. The Morgan fingerprint density at radius 3 is 2.59 bits per heavy atom. The number of hydrogen-bond donors (Lipinski definition) is 1. The Kier molecular flexibility index (Phi) is 5.57. The minimum Gasteiger partial charge on any atom is -0.504 e. The summed E-state index contributed by atoms with van der Waals surface area (Å²) in [6.07, 6.45) is 1.44. The SMILES string of the molecule is COc1c(O)ccc(CCCN2CCN(C)CC2)c1[N+](=O)[O-]. The van der Waals surface area contributed by atoms with E-state index in [1.165, 1.54) is 13.2 Å². The van der Waals surface area contributed by atoms with Gasteiger partial charge in [0.15, 0.2) is 5.75 Å². The smallest absolute Gasteiger partial charge is 0.318 e. The van der Waals surface area contributed by atoms with Crippen LogP contribution in [0.1, 0.15) is 12.0 Å². The second-order valence-corrected chi connectivity index (χ2v) is 5.63. The first-order valence-electron chi connectivity index (χ1n) is 7.47. The van der Waals surface area contributed by atoms with Crippen molar-refractivity contribution in [1.82, 2.24) is 9.80 Å². The van der Waals surface area contributed by atoms with E-state index in [0.29, 0.717) is 12.0 Å². The van der Waals surface area contributed by atoms with Gasteiger partial charge in [0.25, 0.3) is 0 Å². The molecule has 0 atom stereocenters. The van der Waals surface area contributed by atoms with Crippen molar-refractivity contribution in [2.45, 2.75) is 12.8 Å². The molecule has 22 heavy (non-hydrogen) atoms. The summed E-state index contributed by atoms with van der Waals surface area (Å²) < 4.78 is 4.98. The summed E-state index contributed by atoms with van der Waals surface area (Å²) in [6.45, 7) is 5.13. The lowest BCUT2D eigenvalue weighted by Gasteiger charge is -2.32. The molecule has 122 valence electrons. The summed E-state index contributed by atoms with van der Waals surface area (Å²) in [5, 5.41) is 20.9. The van der Waals surface area contributed by atoms with E-state index >= 15 is 0 Å². The number of phenolic OH excluding ortho intramolecular Hbond substituents is 1. The molecule has 1 aliphatic rings. The maximum Gasteiger partial charge on any atom is 0.318 e. The molecule has 0 amide bonds. The lowest BCUT2D eigenvalue weighted by molar-refractivity contribution is -0.386. The van der Waals surface area contributed by atoms with Crippen LogP contribution in [0.15, 0.2) is 12.1 Å². The van der Waals surface area contributed by atoms with Crippen molar-refractivity contribution in [2.24, 2.45) is 0 Å². The van der Waals surface area contributed by atoms with Gasteiger partial charge in [-0.15, -0.1) is 0 Å². The van der Waals surface area contributed by atoms with E-state index in [4.69, 9.17) is 4.74 Å². The lowest BCUT2D eigenvalue weighted by atomic mass is 10.1. The first kappa shape index (κ1) is 16.5. The van der Waals surface area contributed by atoms with Crippen LogP contribution < -0.4 is 4.74 Å². The van der Waals surface area contributed by atoms with E-state index in [9.17, 15) is 15.2 Å². The van der Waals surface area contributed by atoms with Gasteiger partial charge in [0, 0.05) is 31.7 Å². The molecule has 0 aliphatic carbocycles. The van der Waals surface area contributed by atoms with Crippen molar-refractivity contribution in [3.8, 4) is 11.5 Å². The largest absolute Gasteiger partial charge is 0.504 e. The van der Waals surface area contributed by atoms with E-state index in [1.807, 2.05) is 0 Å². The normalized spacial score (nSPS) is 16.6. The molecule has 0 aromatic heterocycles. The third-order valence-electron chi connectivity index (χ3n) is 4.10. The second kappa shape index (κ2) is 7.42. The molecule has 0 bridgehead atoms. The summed E-state index contributed by atoms with van der Waals surface area (Å²) in [7, 11) is 3.44. The van der Waals surface area contributed by atoms with Crippen LogP contribution >= 0.6 is 0 Å². The predicted octanol–water partition coefficient (Wildman–Crippen LogP) is 1.49. The maximum absolute atomic E-state index is 11.3. The van der Waals surface area contributed by atoms with Gasteiger partial charge in [-0.25, -0.2) is 0 Å². The average Bonchev–Trinajstić information content (AvgIpc) is 2.50. The first-order chi connectivity index (χ1) is 10.5. The van der Waals surface area contributed by atoms with Gasteiger partial charge in [-0.3, -0.25) is 10.1 Å². The molecule has 1 aromatic rings. The molecular formula is C15H23N3O4. The van der Waals surface area contributed by atoms with Gasteiger partial charge in [-0.05, 0) is 38.6 Å². The Morgan fingerprint density at radius 2 is 2.00 bits per heavy atom. The van der Waals surface area contributed by atoms with Gasteiger partial charge < -0.3 is 19.6 Å². The van der Waals surface area contributed by atoms with Crippen LogP contribution in [0.3, 0.4) is 0 Å². The van der Waals surface area contributed by atoms with Crippen molar-refractivity contribution in [3.05, 3.63) is 27.8 Å². The number of benzene rings is 1. The standard InChI is InChI=1S/C15H23N3O4/c1-16-8-10-17(11-9-16)7-3-4-12-5-6-13(19)15(22-2)14(12)18(20)21/h5-6,19H,3-4,7-11H2,1-2H3. The molecule has 1 fully saturated rings. The van der Waals surface area contributed by atoms with Crippen LogP contribution in [0.4, 0.5) is 5.69 Å². The third kappa shape index (κ3) is 3.86. The highest BCUT2D eigenvalue weighted by molar-refractivity contribution is 5.60. The molecule has 7 heteroatoms. The van der Waals surface area contributed by atoms with Crippen LogP contribution in [0.5, 0.6) is 11.5 Å². The molecule has 1 N–H and O–H groups in total. The lowest BCUT2D eigenvalue weighted by Crippen LogP contribution is -2.44. The molecule has 2 rings (SSSR count). The topological polar surface area (TPSA) is 79.1 Å².